The van der Waals surface area contributed by atoms with Crippen molar-refractivity contribution in [2.24, 2.45) is 4.99 Å². The lowest BCUT2D eigenvalue weighted by Gasteiger charge is -1.96. The van der Waals surface area contributed by atoms with E-state index < -0.39 is 0 Å². The number of hydrogen-bond acceptors (Lipinski definition) is 3. The van der Waals surface area contributed by atoms with E-state index in [2.05, 4.69) is 15.3 Å². The molecule has 2 aromatic rings. The first kappa shape index (κ1) is 10.3. The molecule has 0 saturated heterocycles. The lowest BCUT2D eigenvalue weighted by Crippen LogP contribution is -1.93. The summed E-state index contributed by atoms with van der Waals surface area (Å²) in [7, 11) is 1.73. The Bertz CT molecular complexity index is 497. The van der Waals surface area contributed by atoms with Crippen LogP contribution in [0, 0.1) is 0 Å². The van der Waals surface area contributed by atoms with Gasteiger partial charge in [-0.1, -0.05) is 23.4 Å². The van der Waals surface area contributed by atoms with Crippen LogP contribution in [0.1, 0.15) is 5.69 Å². The molecule has 0 amide bonds. The van der Waals surface area contributed by atoms with Gasteiger partial charge in [0.1, 0.15) is 5.69 Å². The van der Waals surface area contributed by atoms with Crippen molar-refractivity contribution >= 4 is 12.3 Å². The van der Waals surface area contributed by atoms with Crippen molar-refractivity contribution in [3.63, 3.8) is 0 Å². The van der Waals surface area contributed by atoms with Gasteiger partial charge < -0.3 is 0 Å². The van der Waals surface area contributed by atoms with Crippen molar-refractivity contribution in [1.82, 2.24) is 15.0 Å². The van der Waals surface area contributed by atoms with Gasteiger partial charge in [0.05, 0.1) is 11.9 Å². The number of aromatic nitrogens is 3. The lowest BCUT2D eigenvalue weighted by atomic mass is 10.3. The first-order valence-corrected chi connectivity index (χ1v) is 4.97. The minimum atomic E-state index is 0.809. The molecular formula is C12H12N4. The van der Waals surface area contributed by atoms with Crippen molar-refractivity contribution < 1.29 is 0 Å². The molecule has 0 fully saturated rings. The molecule has 80 valence electrons. The highest BCUT2D eigenvalue weighted by atomic mass is 15.4. The number of allylic oxidation sites excluding steroid dienone is 1. The monoisotopic (exact) mass is 212 g/mol. The maximum atomic E-state index is 4.04. The zero-order chi connectivity index (χ0) is 11.2. The van der Waals surface area contributed by atoms with Gasteiger partial charge >= 0.3 is 0 Å². The molecule has 0 aliphatic heterocycles. The molecule has 4 heteroatoms. The lowest BCUT2D eigenvalue weighted by molar-refractivity contribution is 0.802. The van der Waals surface area contributed by atoms with Gasteiger partial charge in [0, 0.05) is 13.3 Å². The summed E-state index contributed by atoms with van der Waals surface area (Å²) in [6.07, 6.45) is 7.27. The van der Waals surface area contributed by atoms with E-state index in [4.69, 9.17) is 0 Å². The number of para-hydroxylation sites is 1. The van der Waals surface area contributed by atoms with E-state index in [0.717, 1.165) is 11.4 Å². The van der Waals surface area contributed by atoms with Crippen LogP contribution >= 0.6 is 0 Å². The summed E-state index contributed by atoms with van der Waals surface area (Å²) in [5, 5.41) is 8.06. The fraction of sp³-hybridized carbons (Fsp3) is 0.0833. The Labute approximate surface area is 93.9 Å². The van der Waals surface area contributed by atoms with Gasteiger partial charge in [-0.2, -0.15) is 0 Å². The van der Waals surface area contributed by atoms with E-state index in [0.29, 0.717) is 0 Å². The van der Waals surface area contributed by atoms with Crippen molar-refractivity contribution in [2.75, 3.05) is 7.05 Å². The Balaban J connectivity index is 2.20. The molecule has 1 heterocycles. The Morgan fingerprint density at radius 2 is 2.06 bits per heavy atom. The maximum absolute atomic E-state index is 4.04. The summed E-state index contributed by atoms with van der Waals surface area (Å²) in [5.41, 5.74) is 1.81. The molecule has 0 aliphatic carbocycles. The predicted octanol–water partition coefficient (Wildman–Crippen LogP) is 1.98. The fourth-order valence-electron chi connectivity index (χ4n) is 1.29. The van der Waals surface area contributed by atoms with Gasteiger partial charge in [-0.15, -0.1) is 5.10 Å². The van der Waals surface area contributed by atoms with Gasteiger partial charge in [0.2, 0.25) is 0 Å². The molecule has 0 atom stereocenters. The van der Waals surface area contributed by atoms with Crippen molar-refractivity contribution in [2.45, 2.75) is 0 Å². The molecule has 0 radical (unpaired) electrons. The zero-order valence-electron chi connectivity index (χ0n) is 8.99. The minimum absolute atomic E-state index is 0.809. The van der Waals surface area contributed by atoms with Gasteiger partial charge in [-0.3, -0.25) is 4.99 Å². The van der Waals surface area contributed by atoms with Crippen molar-refractivity contribution in [3.05, 3.63) is 48.3 Å². The van der Waals surface area contributed by atoms with Crippen LogP contribution in [0.25, 0.3) is 11.8 Å². The summed E-state index contributed by atoms with van der Waals surface area (Å²) in [6.45, 7) is 0. The van der Waals surface area contributed by atoms with Crippen LogP contribution in [0.2, 0.25) is 0 Å². The Morgan fingerprint density at radius 3 is 2.81 bits per heavy atom. The quantitative estimate of drug-likeness (QED) is 0.730. The number of benzene rings is 1. The first-order chi connectivity index (χ1) is 7.90. The molecule has 1 aromatic heterocycles. The third-order valence-corrected chi connectivity index (χ3v) is 2.03. The van der Waals surface area contributed by atoms with E-state index in [-0.39, 0.29) is 0 Å². The highest BCUT2D eigenvalue weighted by Crippen LogP contribution is 2.06. The topological polar surface area (TPSA) is 43.1 Å². The summed E-state index contributed by atoms with van der Waals surface area (Å²) < 4.78 is 1.74. The maximum Gasteiger partial charge on any atom is 0.106 e. The molecule has 1 aromatic carbocycles. The van der Waals surface area contributed by atoms with Crippen LogP contribution < -0.4 is 0 Å². The van der Waals surface area contributed by atoms with Crippen LogP contribution in [0.4, 0.5) is 0 Å². The number of nitrogens with zero attached hydrogens (tertiary/aromatic N) is 4. The van der Waals surface area contributed by atoms with Crippen LogP contribution in [0.15, 0.2) is 47.6 Å². The average Bonchev–Trinajstić information content (AvgIpc) is 2.79. The van der Waals surface area contributed by atoms with E-state index in [1.54, 1.807) is 17.9 Å². The van der Waals surface area contributed by atoms with Crippen LogP contribution in [0.3, 0.4) is 0 Å². The Morgan fingerprint density at radius 1 is 1.25 bits per heavy atom. The second-order valence-corrected chi connectivity index (χ2v) is 3.19. The van der Waals surface area contributed by atoms with Gasteiger partial charge in [-0.05, 0) is 24.3 Å². The van der Waals surface area contributed by atoms with E-state index in [1.807, 2.05) is 48.7 Å². The number of rotatable bonds is 3. The van der Waals surface area contributed by atoms with Crippen molar-refractivity contribution in [1.29, 1.82) is 0 Å². The number of aliphatic imine (C=N–C) groups is 1. The Kier molecular flexibility index (Phi) is 3.23. The van der Waals surface area contributed by atoms with Crippen LogP contribution in [0.5, 0.6) is 0 Å². The normalized spacial score (nSPS) is 11.6. The molecule has 2 rings (SSSR count). The second-order valence-electron chi connectivity index (χ2n) is 3.19. The van der Waals surface area contributed by atoms with E-state index >= 15 is 0 Å². The molecule has 0 unspecified atom stereocenters. The molecule has 16 heavy (non-hydrogen) atoms. The smallest absolute Gasteiger partial charge is 0.106 e. The summed E-state index contributed by atoms with van der Waals surface area (Å²) >= 11 is 0. The zero-order valence-corrected chi connectivity index (χ0v) is 8.99. The van der Waals surface area contributed by atoms with E-state index in [9.17, 15) is 0 Å². The Hall–Kier alpha value is -2.23. The summed E-state index contributed by atoms with van der Waals surface area (Å²) in [6, 6.07) is 9.87. The van der Waals surface area contributed by atoms with Crippen LogP contribution in [-0.4, -0.2) is 28.3 Å². The van der Waals surface area contributed by atoms with Gasteiger partial charge in [-0.25, -0.2) is 4.68 Å². The van der Waals surface area contributed by atoms with Crippen molar-refractivity contribution in [3.8, 4) is 5.69 Å². The second kappa shape index (κ2) is 5.02. The number of hydrogen-bond donors (Lipinski definition) is 0. The average molecular weight is 212 g/mol. The molecule has 0 saturated carbocycles. The minimum Gasteiger partial charge on any atom is -0.297 e. The standard InChI is InChI=1S/C12H12N4/c1-13-9-5-6-11-10-16(15-14-11)12-7-3-2-4-8-12/h2-10H,1H3/b6-5+,13-9?. The molecule has 0 aliphatic rings. The van der Waals surface area contributed by atoms with E-state index in [1.165, 1.54) is 0 Å². The molecular weight excluding hydrogens is 200 g/mol. The molecule has 0 N–H and O–H groups in total. The van der Waals surface area contributed by atoms with Crippen LogP contribution in [-0.2, 0) is 0 Å². The SMILES string of the molecule is CN=C/C=C/c1cn(-c2ccccc2)nn1. The molecule has 0 bridgehead atoms. The summed E-state index contributed by atoms with van der Waals surface area (Å²) in [5.74, 6) is 0. The highest BCUT2D eigenvalue weighted by Gasteiger charge is 1.98. The molecule has 0 spiro atoms. The van der Waals surface area contributed by atoms with Gasteiger partial charge in [0.15, 0.2) is 0 Å². The largest absolute Gasteiger partial charge is 0.297 e. The highest BCUT2D eigenvalue weighted by molar-refractivity contribution is 5.77. The fourth-order valence-corrected chi connectivity index (χ4v) is 1.29. The first-order valence-electron chi connectivity index (χ1n) is 4.97. The summed E-state index contributed by atoms with van der Waals surface area (Å²) in [4.78, 5) is 3.85. The third-order valence-electron chi connectivity index (χ3n) is 2.03. The predicted molar refractivity (Wildman–Crippen MR) is 64.8 cm³/mol. The molecule has 4 nitrogen and oxygen atoms in total. The van der Waals surface area contributed by atoms with Gasteiger partial charge in [0.25, 0.3) is 0 Å². The third kappa shape index (κ3) is 2.42.